The van der Waals surface area contributed by atoms with Crippen LogP contribution in [0.15, 0.2) is 12.4 Å². The summed E-state index contributed by atoms with van der Waals surface area (Å²) >= 11 is 0. The third-order valence-electron chi connectivity index (χ3n) is 2.42. The molecule has 0 fully saturated rings. The van der Waals surface area contributed by atoms with Crippen molar-refractivity contribution in [2.75, 3.05) is 20.3 Å². The molecule has 0 aromatic carbocycles. The van der Waals surface area contributed by atoms with Gasteiger partial charge in [-0.1, -0.05) is 26.2 Å². The van der Waals surface area contributed by atoms with Crippen molar-refractivity contribution in [3.63, 3.8) is 0 Å². The summed E-state index contributed by atoms with van der Waals surface area (Å²) in [4.78, 5) is 22.8. The molecule has 0 unspecified atom stereocenters. The molecule has 1 heterocycles. The highest BCUT2D eigenvalue weighted by atomic mass is 16.4. The van der Waals surface area contributed by atoms with E-state index < -0.39 is 11.9 Å². The first kappa shape index (κ1) is 16.3. The number of aliphatic carboxylic acids is 2. The van der Waals surface area contributed by atoms with Crippen LogP contribution in [0.5, 0.6) is 0 Å². The summed E-state index contributed by atoms with van der Waals surface area (Å²) in [6, 6.07) is 0. The van der Waals surface area contributed by atoms with Gasteiger partial charge in [0.15, 0.2) is 0 Å². The summed E-state index contributed by atoms with van der Waals surface area (Å²) in [5, 5.41) is 14.8. The van der Waals surface area contributed by atoms with Gasteiger partial charge in [-0.3, -0.25) is 0 Å². The molecule has 0 saturated heterocycles. The summed E-state index contributed by atoms with van der Waals surface area (Å²) in [6.07, 6.45) is 9.76. The molecule has 0 aromatic heterocycles. The SMILES string of the molecule is CCCCCCN1C=CN(C)C1.O=C(O)C(=O)O. The van der Waals surface area contributed by atoms with Crippen LogP contribution < -0.4 is 0 Å². The summed E-state index contributed by atoms with van der Waals surface area (Å²) in [6.45, 7) is 4.55. The molecule has 18 heavy (non-hydrogen) atoms. The minimum absolute atomic E-state index is 1.08. The second-order valence-electron chi connectivity index (χ2n) is 4.18. The lowest BCUT2D eigenvalue weighted by atomic mass is 10.2. The molecule has 104 valence electrons. The second-order valence-corrected chi connectivity index (χ2v) is 4.18. The van der Waals surface area contributed by atoms with E-state index in [4.69, 9.17) is 19.8 Å². The van der Waals surface area contributed by atoms with Gasteiger partial charge in [0.05, 0.1) is 6.67 Å². The van der Waals surface area contributed by atoms with Crippen molar-refractivity contribution in [2.24, 2.45) is 0 Å². The number of unbranched alkanes of at least 4 members (excludes halogenated alkanes) is 3. The molecule has 0 saturated carbocycles. The van der Waals surface area contributed by atoms with E-state index in [1.54, 1.807) is 0 Å². The fourth-order valence-electron chi connectivity index (χ4n) is 1.48. The lowest BCUT2D eigenvalue weighted by molar-refractivity contribution is -0.159. The molecule has 6 heteroatoms. The van der Waals surface area contributed by atoms with E-state index in [2.05, 4.69) is 36.2 Å². The van der Waals surface area contributed by atoms with E-state index in [0.717, 1.165) is 6.67 Å². The van der Waals surface area contributed by atoms with E-state index in [0.29, 0.717) is 0 Å². The Kier molecular flexibility index (Phi) is 8.43. The molecule has 0 radical (unpaired) electrons. The Morgan fingerprint density at radius 2 is 1.72 bits per heavy atom. The Morgan fingerprint density at radius 1 is 1.11 bits per heavy atom. The van der Waals surface area contributed by atoms with Gasteiger partial charge >= 0.3 is 11.9 Å². The Hall–Kier alpha value is -1.72. The van der Waals surface area contributed by atoms with Gasteiger partial charge in [-0.15, -0.1) is 0 Å². The van der Waals surface area contributed by atoms with Gasteiger partial charge in [0, 0.05) is 26.0 Å². The maximum Gasteiger partial charge on any atom is 0.414 e. The molecule has 2 N–H and O–H groups in total. The standard InChI is InChI=1S/C10H20N2.C2H2O4/c1-3-4-5-6-7-12-9-8-11(2)10-12;3-1(4)2(5)6/h8-9H,3-7,10H2,1-2H3;(H,3,4)(H,5,6). The average Bonchev–Trinajstić information content (AvgIpc) is 2.71. The maximum atomic E-state index is 9.10. The van der Waals surface area contributed by atoms with Gasteiger partial charge in [-0.05, 0) is 6.42 Å². The molecule has 0 aromatic rings. The Labute approximate surface area is 107 Å². The first-order valence-electron chi connectivity index (χ1n) is 6.06. The third-order valence-corrected chi connectivity index (χ3v) is 2.42. The van der Waals surface area contributed by atoms with Crippen molar-refractivity contribution in [3.05, 3.63) is 12.4 Å². The number of nitrogens with zero attached hydrogens (tertiary/aromatic N) is 2. The first-order valence-corrected chi connectivity index (χ1v) is 6.06. The topological polar surface area (TPSA) is 81.1 Å². The fourth-order valence-corrected chi connectivity index (χ4v) is 1.48. The zero-order chi connectivity index (χ0) is 14.0. The minimum atomic E-state index is -1.82. The normalized spacial score (nSPS) is 13.2. The third kappa shape index (κ3) is 8.43. The predicted molar refractivity (Wildman–Crippen MR) is 67.9 cm³/mol. The molecule has 1 rings (SSSR count). The largest absolute Gasteiger partial charge is 0.473 e. The average molecular weight is 258 g/mol. The van der Waals surface area contributed by atoms with Crippen molar-refractivity contribution >= 4 is 11.9 Å². The van der Waals surface area contributed by atoms with E-state index in [9.17, 15) is 0 Å². The predicted octanol–water partition coefficient (Wildman–Crippen LogP) is 1.40. The smallest absolute Gasteiger partial charge is 0.414 e. The molecule has 0 spiro atoms. The summed E-state index contributed by atoms with van der Waals surface area (Å²) < 4.78 is 0. The van der Waals surface area contributed by atoms with Crippen LogP contribution in [0.25, 0.3) is 0 Å². The molecule has 1 aliphatic heterocycles. The number of hydrogen-bond donors (Lipinski definition) is 2. The second kappa shape index (κ2) is 9.32. The van der Waals surface area contributed by atoms with Crippen LogP contribution in [0, 0.1) is 0 Å². The molecule has 0 bridgehead atoms. The number of carboxylic acids is 2. The van der Waals surface area contributed by atoms with Gasteiger partial charge in [-0.25, -0.2) is 9.59 Å². The molecular weight excluding hydrogens is 236 g/mol. The molecular formula is C12H22N2O4. The molecule has 1 aliphatic rings. The van der Waals surface area contributed by atoms with Crippen LogP contribution >= 0.6 is 0 Å². The van der Waals surface area contributed by atoms with Crippen LogP contribution in [0.1, 0.15) is 32.6 Å². The van der Waals surface area contributed by atoms with Crippen LogP contribution in [0.3, 0.4) is 0 Å². The summed E-state index contributed by atoms with van der Waals surface area (Å²) in [7, 11) is 2.11. The Morgan fingerprint density at radius 3 is 2.11 bits per heavy atom. The zero-order valence-electron chi connectivity index (χ0n) is 11.0. The van der Waals surface area contributed by atoms with E-state index in [1.165, 1.54) is 32.2 Å². The highest BCUT2D eigenvalue weighted by Gasteiger charge is 2.06. The maximum absolute atomic E-state index is 9.10. The van der Waals surface area contributed by atoms with Crippen molar-refractivity contribution in [2.45, 2.75) is 32.6 Å². The van der Waals surface area contributed by atoms with Crippen molar-refractivity contribution in [3.8, 4) is 0 Å². The summed E-state index contributed by atoms with van der Waals surface area (Å²) in [5.41, 5.74) is 0. The van der Waals surface area contributed by atoms with Gasteiger partial charge in [0.1, 0.15) is 0 Å². The molecule has 6 nitrogen and oxygen atoms in total. The van der Waals surface area contributed by atoms with Gasteiger partial charge < -0.3 is 20.0 Å². The fraction of sp³-hybridized carbons (Fsp3) is 0.667. The number of carboxylic acid groups (broad SMARTS) is 2. The summed E-state index contributed by atoms with van der Waals surface area (Å²) in [5.74, 6) is -3.65. The van der Waals surface area contributed by atoms with Crippen LogP contribution in [-0.4, -0.2) is 52.2 Å². The van der Waals surface area contributed by atoms with Crippen LogP contribution in [0.2, 0.25) is 0 Å². The van der Waals surface area contributed by atoms with E-state index in [1.807, 2.05) is 0 Å². The van der Waals surface area contributed by atoms with Gasteiger partial charge in [0.25, 0.3) is 0 Å². The highest BCUT2D eigenvalue weighted by molar-refractivity contribution is 6.27. The zero-order valence-corrected chi connectivity index (χ0v) is 11.0. The van der Waals surface area contributed by atoms with Crippen molar-refractivity contribution in [1.82, 2.24) is 9.80 Å². The van der Waals surface area contributed by atoms with E-state index in [-0.39, 0.29) is 0 Å². The Bertz CT molecular complexity index is 280. The number of carbonyl (C=O) groups is 2. The molecule has 0 amide bonds. The first-order chi connectivity index (χ1) is 8.47. The van der Waals surface area contributed by atoms with Crippen molar-refractivity contribution in [1.29, 1.82) is 0 Å². The van der Waals surface area contributed by atoms with Gasteiger partial charge in [-0.2, -0.15) is 0 Å². The van der Waals surface area contributed by atoms with Crippen LogP contribution in [-0.2, 0) is 9.59 Å². The monoisotopic (exact) mass is 258 g/mol. The quantitative estimate of drug-likeness (QED) is 0.573. The minimum Gasteiger partial charge on any atom is -0.473 e. The number of hydrogen-bond acceptors (Lipinski definition) is 4. The molecule has 0 aliphatic carbocycles. The van der Waals surface area contributed by atoms with E-state index >= 15 is 0 Å². The molecule has 0 atom stereocenters. The van der Waals surface area contributed by atoms with Gasteiger partial charge in [0.2, 0.25) is 0 Å². The van der Waals surface area contributed by atoms with Crippen molar-refractivity contribution < 1.29 is 19.8 Å². The lowest BCUT2D eigenvalue weighted by Crippen LogP contribution is -2.23. The lowest BCUT2D eigenvalue weighted by Gasteiger charge is -2.17. The Balaban J connectivity index is 0.000000411. The number of rotatable bonds is 5. The highest BCUT2D eigenvalue weighted by Crippen LogP contribution is 2.06. The van der Waals surface area contributed by atoms with Crippen LogP contribution in [0.4, 0.5) is 0 Å².